The molecule has 2 aromatic heterocycles. The Morgan fingerprint density at radius 2 is 2.10 bits per heavy atom. The van der Waals surface area contributed by atoms with E-state index < -0.39 is 17.8 Å². The second-order valence-electron chi connectivity index (χ2n) is 7.28. The van der Waals surface area contributed by atoms with Gasteiger partial charge in [-0.05, 0) is 47.7 Å². The zero-order valence-electron chi connectivity index (χ0n) is 15.6. The fourth-order valence-electron chi connectivity index (χ4n) is 3.79. The molecule has 2 heterocycles. The monoisotopic (exact) mass is 479 g/mol. The van der Waals surface area contributed by atoms with Gasteiger partial charge in [-0.3, -0.25) is 0 Å². The molecule has 6 nitrogen and oxygen atoms in total. The van der Waals surface area contributed by atoms with E-state index in [1.54, 1.807) is 12.1 Å². The van der Waals surface area contributed by atoms with E-state index in [-0.39, 0.29) is 23.2 Å². The Hall–Kier alpha value is -2.64. The number of aromatic nitrogens is 3. The second-order valence-corrected chi connectivity index (χ2v) is 8.07. The summed E-state index contributed by atoms with van der Waals surface area (Å²) in [6.45, 7) is 0. The van der Waals surface area contributed by atoms with Gasteiger partial charge in [0.25, 0.3) is 0 Å². The molecule has 0 amide bonds. The van der Waals surface area contributed by atoms with E-state index in [2.05, 4.69) is 36.2 Å². The van der Waals surface area contributed by atoms with Crippen LogP contribution in [0.1, 0.15) is 36.8 Å². The molecule has 0 aliphatic heterocycles. The van der Waals surface area contributed by atoms with E-state index in [4.69, 9.17) is 0 Å². The van der Waals surface area contributed by atoms with Crippen molar-refractivity contribution in [1.29, 1.82) is 5.26 Å². The van der Waals surface area contributed by atoms with Gasteiger partial charge in [0.05, 0.1) is 27.4 Å². The number of nitriles is 1. The van der Waals surface area contributed by atoms with Crippen LogP contribution in [0.15, 0.2) is 29.0 Å². The molecule has 3 aromatic rings. The highest BCUT2D eigenvalue weighted by molar-refractivity contribution is 9.10. The van der Waals surface area contributed by atoms with Gasteiger partial charge >= 0.3 is 6.18 Å². The van der Waals surface area contributed by atoms with Crippen molar-refractivity contribution in [2.45, 2.75) is 44.0 Å². The van der Waals surface area contributed by atoms with E-state index in [0.717, 1.165) is 19.0 Å². The predicted octanol–water partition coefficient (Wildman–Crippen LogP) is 4.99. The summed E-state index contributed by atoms with van der Waals surface area (Å²) < 4.78 is 41.5. The summed E-state index contributed by atoms with van der Waals surface area (Å²) in [4.78, 5) is 11.0. The fourth-order valence-corrected chi connectivity index (χ4v) is 4.34. The lowest BCUT2D eigenvalue weighted by atomic mass is 9.93. The van der Waals surface area contributed by atoms with Crippen LogP contribution in [-0.4, -0.2) is 32.2 Å². The molecule has 10 heteroatoms. The van der Waals surface area contributed by atoms with E-state index in [9.17, 15) is 23.5 Å². The lowest BCUT2D eigenvalue weighted by Crippen LogP contribution is -2.30. The van der Waals surface area contributed by atoms with Crippen LogP contribution in [0, 0.1) is 11.3 Å². The van der Waals surface area contributed by atoms with Crippen molar-refractivity contribution in [2.75, 3.05) is 5.32 Å². The van der Waals surface area contributed by atoms with Crippen LogP contribution in [0.5, 0.6) is 0 Å². The molecule has 1 aliphatic rings. The van der Waals surface area contributed by atoms with Crippen molar-refractivity contribution in [3.05, 3.63) is 40.1 Å². The Morgan fingerprint density at radius 3 is 2.80 bits per heavy atom. The van der Waals surface area contributed by atoms with Gasteiger partial charge in [-0.25, -0.2) is 9.97 Å². The molecule has 0 radical (unpaired) electrons. The average Bonchev–Trinajstić information content (AvgIpc) is 3.12. The zero-order chi connectivity index (χ0) is 21.5. The van der Waals surface area contributed by atoms with Crippen LogP contribution in [0.25, 0.3) is 22.2 Å². The number of anilines is 1. The van der Waals surface area contributed by atoms with Crippen molar-refractivity contribution in [2.24, 2.45) is 0 Å². The number of benzene rings is 1. The Bertz CT molecular complexity index is 1140. The third-order valence-corrected chi connectivity index (χ3v) is 6.07. The maximum Gasteiger partial charge on any atom is 0.419 e. The second kappa shape index (κ2) is 7.89. The average molecular weight is 480 g/mol. The van der Waals surface area contributed by atoms with Crippen LogP contribution in [0.4, 0.5) is 19.1 Å². The minimum Gasteiger partial charge on any atom is -0.393 e. The fraction of sp³-hybridized carbons (Fsp3) is 0.350. The molecule has 4 rings (SSSR count). The number of aromatic amines is 1. The number of hydrogen-bond donors (Lipinski definition) is 3. The number of aliphatic hydroxyl groups is 1. The maximum absolute atomic E-state index is 13.7. The molecule has 0 unspecified atom stereocenters. The summed E-state index contributed by atoms with van der Waals surface area (Å²) in [7, 11) is 0. The molecule has 0 saturated heterocycles. The number of fused-ring (bicyclic) bond motifs is 1. The molecular formula is C20H17BrF3N5O. The van der Waals surface area contributed by atoms with Crippen molar-refractivity contribution in [1.82, 2.24) is 15.0 Å². The van der Waals surface area contributed by atoms with Gasteiger partial charge in [0.15, 0.2) is 0 Å². The molecule has 1 aromatic carbocycles. The Labute approximate surface area is 178 Å². The molecule has 30 heavy (non-hydrogen) atoms. The summed E-state index contributed by atoms with van der Waals surface area (Å²) in [5.74, 6) is 0.0826. The first-order chi connectivity index (χ1) is 14.3. The standard InChI is InChI=1S/C20H17BrF3N5O/c21-16-10(7-25)4-5-13-14(8-26-18(13)16)17-15(20(22,23)24)9-27-19(29-17)28-11-2-1-3-12(30)6-11/h4-5,8-9,11-12,26,30H,1-3,6H2,(H,27,28,29)/t11-,12-/m0/s1. The lowest BCUT2D eigenvalue weighted by molar-refractivity contribution is -0.137. The third-order valence-electron chi connectivity index (χ3n) is 5.24. The van der Waals surface area contributed by atoms with Crippen molar-refractivity contribution in [3.8, 4) is 17.3 Å². The number of halogens is 4. The molecule has 156 valence electrons. The predicted molar refractivity (Wildman–Crippen MR) is 109 cm³/mol. The zero-order valence-corrected chi connectivity index (χ0v) is 17.2. The normalized spacial score (nSPS) is 19.6. The van der Waals surface area contributed by atoms with Crippen LogP contribution >= 0.6 is 15.9 Å². The van der Waals surface area contributed by atoms with E-state index in [1.165, 1.54) is 6.20 Å². The van der Waals surface area contributed by atoms with Gasteiger partial charge < -0.3 is 15.4 Å². The quantitative estimate of drug-likeness (QED) is 0.491. The smallest absolute Gasteiger partial charge is 0.393 e. The molecule has 1 aliphatic carbocycles. The lowest BCUT2D eigenvalue weighted by Gasteiger charge is -2.26. The van der Waals surface area contributed by atoms with Gasteiger partial charge in [-0.1, -0.05) is 6.07 Å². The van der Waals surface area contributed by atoms with E-state index >= 15 is 0 Å². The molecule has 3 N–H and O–H groups in total. The minimum atomic E-state index is -4.64. The van der Waals surface area contributed by atoms with Crippen molar-refractivity contribution < 1.29 is 18.3 Å². The highest BCUT2D eigenvalue weighted by Crippen LogP contribution is 2.40. The Balaban J connectivity index is 1.80. The molecule has 1 fully saturated rings. The summed E-state index contributed by atoms with van der Waals surface area (Å²) >= 11 is 3.33. The number of nitrogens with zero attached hydrogens (tertiary/aromatic N) is 3. The van der Waals surface area contributed by atoms with Gasteiger partial charge in [0, 0.05) is 29.4 Å². The van der Waals surface area contributed by atoms with Crippen LogP contribution in [0.2, 0.25) is 0 Å². The molecule has 0 spiro atoms. The number of hydrogen-bond acceptors (Lipinski definition) is 5. The molecule has 0 bridgehead atoms. The largest absolute Gasteiger partial charge is 0.419 e. The maximum atomic E-state index is 13.7. The summed E-state index contributed by atoms with van der Waals surface area (Å²) in [5.41, 5.74) is -0.0532. The van der Waals surface area contributed by atoms with Gasteiger partial charge in [0.2, 0.25) is 5.95 Å². The minimum absolute atomic E-state index is 0.0826. The molecular weight excluding hydrogens is 463 g/mol. The highest BCUT2D eigenvalue weighted by atomic mass is 79.9. The van der Waals surface area contributed by atoms with Crippen LogP contribution in [0.3, 0.4) is 0 Å². The number of nitrogens with one attached hydrogen (secondary N) is 2. The first-order valence-corrected chi connectivity index (χ1v) is 10.2. The van der Waals surface area contributed by atoms with E-state index in [0.29, 0.717) is 33.8 Å². The number of rotatable bonds is 3. The number of H-pyrrole nitrogens is 1. The molecule has 1 saturated carbocycles. The van der Waals surface area contributed by atoms with Crippen LogP contribution in [-0.2, 0) is 6.18 Å². The number of alkyl halides is 3. The first kappa shape index (κ1) is 20.6. The summed E-state index contributed by atoms with van der Waals surface area (Å²) in [6, 6.07) is 5.06. The first-order valence-electron chi connectivity index (χ1n) is 9.37. The van der Waals surface area contributed by atoms with Crippen molar-refractivity contribution >= 4 is 32.8 Å². The van der Waals surface area contributed by atoms with Gasteiger partial charge in [-0.15, -0.1) is 0 Å². The Morgan fingerprint density at radius 1 is 1.30 bits per heavy atom. The van der Waals surface area contributed by atoms with E-state index in [1.807, 2.05) is 6.07 Å². The van der Waals surface area contributed by atoms with Gasteiger partial charge in [-0.2, -0.15) is 18.4 Å². The SMILES string of the molecule is N#Cc1ccc2c(-c3nc(N[C@H]4CCC[C@H](O)C4)ncc3C(F)(F)F)c[nH]c2c1Br. The summed E-state index contributed by atoms with van der Waals surface area (Å²) in [5, 5.41) is 22.6. The van der Waals surface area contributed by atoms with Gasteiger partial charge in [0.1, 0.15) is 11.6 Å². The molecule has 2 atom stereocenters. The highest BCUT2D eigenvalue weighted by Gasteiger charge is 2.36. The third kappa shape index (κ3) is 3.87. The summed E-state index contributed by atoms with van der Waals surface area (Å²) in [6.07, 6.45) is -0.0299. The number of aliphatic hydroxyl groups excluding tert-OH is 1. The Kier molecular flexibility index (Phi) is 5.42. The van der Waals surface area contributed by atoms with Crippen molar-refractivity contribution in [3.63, 3.8) is 0 Å². The topological polar surface area (TPSA) is 97.6 Å². The van der Waals surface area contributed by atoms with Crippen LogP contribution < -0.4 is 5.32 Å².